The summed E-state index contributed by atoms with van der Waals surface area (Å²) in [5.41, 5.74) is 3.59. The summed E-state index contributed by atoms with van der Waals surface area (Å²) in [6.45, 7) is 7.35. The van der Waals surface area contributed by atoms with Gasteiger partial charge in [0, 0.05) is 46.1 Å². The van der Waals surface area contributed by atoms with E-state index >= 15 is 0 Å². The van der Waals surface area contributed by atoms with Crippen molar-refractivity contribution < 1.29 is 4.79 Å². The molecule has 3 aromatic heterocycles. The lowest BCUT2D eigenvalue weighted by Gasteiger charge is -2.16. The lowest BCUT2D eigenvalue weighted by atomic mass is 10.1. The summed E-state index contributed by atoms with van der Waals surface area (Å²) < 4.78 is 5.22. The van der Waals surface area contributed by atoms with E-state index in [0.717, 1.165) is 23.5 Å². The molecule has 1 N–H and O–H groups in total. The molecule has 0 saturated carbocycles. The molecule has 3 aromatic rings. The van der Waals surface area contributed by atoms with Gasteiger partial charge in [-0.2, -0.15) is 5.10 Å². The summed E-state index contributed by atoms with van der Waals surface area (Å²) in [4.78, 5) is 31.2. The lowest BCUT2D eigenvalue weighted by Crippen LogP contribution is -2.29. The molecule has 29 heavy (non-hydrogen) atoms. The second kappa shape index (κ2) is 7.23. The number of hydrogen-bond acceptors (Lipinski definition) is 5. The minimum Gasteiger partial charge on any atom is -0.350 e. The molecule has 1 amide bonds. The summed E-state index contributed by atoms with van der Waals surface area (Å²) >= 11 is 0. The van der Waals surface area contributed by atoms with Crippen molar-refractivity contribution in [3.63, 3.8) is 0 Å². The molecule has 9 heteroatoms. The number of fused-ring (bicyclic) bond motifs is 1. The monoisotopic (exact) mass is 395 g/mol. The molecule has 0 aliphatic carbocycles. The average molecular weight is 395 g/mol. The predicted octanol–water partition coefficient (Wildman–Crippen LogP) is 1.56. The molecular weight excluding hydrogens is 370 g/mol. The fourth-order valence-electron chi connectivity index (χ4n) is 3.97. The molecular formula is C20H25N7O2. The SMILES string of the molecule is C=CC(=O)N1CCC(Cn2cc(Nc3cn(C)nc3C)c3ncn(C)c3c2=O)C1. The molecule has 152 valence electrons. The molecule has 0 aromatic carbocycles. The number of anilines is 2. The molecule has 1 aliphatic rings. The van der Waals surface area contributed by atoms with Crippen LogP contribution in [-0.4, -0.2) is 47.8 Å². The third-order valence-corrected chi connectivity index (χ3v) is 5.45. The van der Waals surface area contributed by atoms with Crippen LogP contribution in [0.4, 0.5) is 11.4 Å². The zero-order valence-electron chi connectivity index (χ0n) is 16.9. The van der Waals surface area contributed by atoms with Crippen molar-refractivity contribution in [2.75, 3.05) is 18.4 Å². The van der Waals surface area contributed by atoms with E-state index in [1.54, 1.807) is 25.0 Å². The van der Waals surface area contributed by atoms with Crippen LogP contribution in [-0.2, 0) is 25.4 Å². The van der Waals surface area contributed by atoms with Gasteiger partial charge in [0.25, 0.3) is 5.56 Å². The second-order valence-corrected chi connectivity index (χ2v) is 7.62. The minimum absolute atomic E-state index is 0.0589. The fraction of sp³-hybridized carbons (Fsp3) is 0.400. The number of carbonyl (C=O) groups is 1. The van der Waals surface area contributed by atoms with Gasteiger partial charge >= 0.3 is 0 Å². The Morgan fingerprint density at radius 2 is 2.14 bits per heavy atom. The Morgan fingerprint density at radius 3 is 2.83 bits per heavy atom. The highest BCUT2D eigenvalue weighted by Crippen LogP contribution is 2.26. The van der Waals surface area contributed by atoms with Gasteiger partial charge in [0.2, 0.25) is 5.91 Å². The second-order valence-electron chi connectivity index (χ2n) is 7.62. The van der Waals surface area contributed by atoms with Gasteiger partial charge < -0.3 is 19.4 Å². The largest absolute Gasteiger partial charge is 0.350 e. The van der Waals surface area contributed by atoms with Gasteiger partial charge in [-0.25, -0.2) is 4.98 Å². The van der Waals surface area contributed by atoms with Gasteiger partial charge in [-0.15, -0.1) is 0 Å². The first-order valence-electron chi connectivity index (χ1n) is 9.60. The van der Waals surface area contributed by atoms with E-state index in [-0.39, 0.29) is 17.4 Å². The molecule has 4 heterocycles. The number of rotatable bonds is 5. The Balaban J connectivity index is 1.69. The number of nitrogens with one attached hydrogen (secondary N) is 1. The van der Waals surface area contributed by atoms with E-state index in [0.29, 0.717) is 30.7 Å². The molecule has 1 fully saturated rings. The molecule has 0 spiro atoms. The van der Waals surface area contributed by atoms with Crippen LogP contribution >= 0.6 is 0 Å². The smallest absolute Gasteiger partial charge is 0.276 e. The van der Waals surface area contributed by atoms with Crippen LogP contribution in [0.25, 0.3) is 11.0 Å². The number of aryl methyl sites for hydroxylation is 3. The Hall–Kier alpha value is -3.36. The molecule has 0 bridgehead atoms. The first-order valence-corrected chi connectivity index (χ1v) is 9.60. The summed E-state index contributed by atoms with van der Waals surface area (Å²) in [6, 6.07) is 0. The highest BCUT2D eigenvalue weighted by Gasteiger charge is 2.26. The van der Waals surface area contributed by atoms with Crippen LogP contribution in [0.15, 0.2) is 36.2 Å². The maximum Gasteiger partial charge on any atom is 0.276 e. The van der Waals surface area contributed by atoms with Crippen molar-refractivity contribution in [3.05, 3.63) is 47.4 Å². The normalized spacial score (nSPS) is 16.5. The topological polar surface area (TPSA) is 90.0 Å². The lowest BCUT2D eigenvalue weighted by molar-refractivity contribution is -0.125. The summed E-state index contributed by atoms with van der Waals surface area (Å²) in [7, 11) is 3.69. The maximum absolute atomic E-state index is 13.1. The Bertz CT molecular complexity index is 1150. The maximum atomic E-state index is 13.1. The van der Waals surface area contributed by atoms with E-state index in [4.69, 9.17) is 0 Å². The molecule has 1 saturated heterocycles. The van der Waals surface area contributed by atoms with Crippen molar-refractivity contribution >= 4 is 28.3 Å². The molecule has 9 nitrogen and oxygen atoms in total. The number of pyridine rings is 1. The van der Waals surface area contributed by atoms with Gasteiger partial charge in [0.1, 0.15) is 11.0 Å². The number of hydrogen-bond donors (Lipinski definition) is 1. The summed E-state index contributed by atoms with van der Waals surface area (Å²) in [5.74, 6) is 0.159. The first-order chi connectivity index (χ1) is 13.9. The van der Waals surface area contributed by atoms with Crippen molar-refractivity contribution in [3.8, 4) is 0 Å². The number of carbonyl (C=O) groups excluding carboxylic acids is 1. The zero-order valence-corrected chi connectivity index (χ0v) is 16.9. The van der Waals surface area contributed by atoms with Crippen LogP contribution in [0, 0.1) is 12.8 Å². The van der Waals surface area contributed by atoms with E-state index in [2.05, 4.69) is 22.0 Å². The molecule has 1 aliphatic heterocycles. The van der Waals surface area contributed by atoms with Crippen molar-refractivity contribution in [1.29, 1.82) is 0 Å². The highest BCUT2D eigenvalue weighted by molar-refractivity contribution is 5.89. The van der Waals surface area contributed by atoms with Crippen LogP contribution in [0.2, 0.25) is 0 Å². The van der Waals surface area contributed by atoms with Gasteiger partial charge in [-0.3, -0.25) is 14.3 Å². The van der Waals surface area contributed by atoms with Crippen molar-refractivity contribution in [2.24, 2.45) is 20.0 Å². The van der Waals surface area contributed by atoms with E-state index in [1.807, 2.05) is 33.4 Å². The first kappa shape index (κ1) is 19.0. The Labute approximate surface area is 168 Å². The van der Waals surface area contributed by atoms with Gasteiger partial charge in [0.05, 0.1) is 23.4 Å². The molecule has 0 radical (unpaired) electrons. The highest BCUT2D eigenvalue weighted by atomic mass is 16.2. The standard InChI is InChI=1S/C20H25N7O2/c1-5-17(28)26-7-6-14(8-26)9-27-11-16(22-15-10-25(4)23-13(15)2)18-19(20(27)29)24(3)12-21-18/h5,10-12,14,22H,1,6-9H2,2-4H3. The van der Waals surface area contributed by atoms with Gasteiger partial charge in [-0.1, -0.05) is 6.58 Å². The molecule has 1 unspecified atom stereocenters. The minimum atomic E-state index is -0.0815. The van der Waals surface area contributed by atoms with Crippen LogP contribution < -0.4 is 10.9 Å². The third kappa shape index (κ3) is 3.43. The number of nitrogens with zero attached hydrogens (tertiary/aromatic N) is 6. The Kier molecular flexibility index (Phi) is 4.73. The van der Waals surface area contributed by atoms with E-state index in [1.165, 1.54) is 6.08 Å². The van der Waals surface area contributed by atoms with E-state index < -0.39 is 0 Å². The van der Waals surface area contributed by atoms with Crippen LogP contribution in [0.1, 0.15) is 12.1 Å². The average Bonchev–Trinajstić information content (AvgIpc) is 3.38. The molecule has 4 rings (SSSR count). The summed E-state index contributed by atoms with van der Waals surface area (Å²) in [6.07, 6.45) is 7.57. The van der Waals surface area contributed by atoms with Gasteiger partial charge in [0.15, 0.2) is 0 Å². The number of likely N-dealkylation sites (tertiary alicyclic amines) is 1. The zero-order chi connectivity index (χ0) is 20.7. The molecule has 1 atom stereocenters. The third-order valence-electron chi connectivity index (χ3n) is 5.45. The van der Waals surface area contributed by atoms with Crippen molar-refractivity contribution in [2.45, 2.75) is 19.9 Å². The number of imidazole rings is 1. The Morgan fingerprint density at radius 1 is 1.34 bits per heavy atom. The van der Waals surface area contributed by atoms with Crippen molar-refractivity contribution in [1.82, 2.24) is 28.8 Å². The van der Waals surface area contributed by atoms with Gasteiger partial charge in [-0.05, 0) is 25.3 Å². The van der Waals surface area contributed by atoms with Crippen LogP contribution in [0.5, 0.6) is 0 Å². The quantitative estimate of drug-likeness (QED) is 0.662. The number of aromatic nitrogens is 5. The van der Waals surface area contributed by atoms with Crippen LogP contribution in [0.3, 0.4) is 0 Å². The predicted molar refractivity (Wildman–Crippen MR) is 111 cm³/mol. The fourth-order valence-corrected chi connectivity index (χ4v) is 3.97. The summed E-state index contributed by atoms with van der Waals surface area (Å²) in [5, 5.41) is 7.74. The van der Waals surface area contributed by atoms with E-state index in [9.17, 15) is 9.59 Å². The number of amides is 1.